The Kier molecular flexibility index (Phi) is 24.8. The Morgan fingerprint density at radius 2 is 0.710 bits per heavy atom. The lowest BCUT2D eigenvalue weighted by Gasteiger charge is -2.31. The van der Waals surface area contributed by atoms with E-state index >= 15 is 0 Å². The molecule has 3 saturated heterocycles. The molecule has 0 unspecified atom stereocenters. The third-order valence-electron chi connectivity index (χ3n) is 19.3. The predicted octanol–water partition coefficient (Wildman–Crippen LogP) is 14.4. The van der Waals surface area contributed by atoms with Crippen molar-refractivity contribution >= 4 is 57.1 Å². The number of Topliss-reactive ketones (excluding diaryl/α,β-unsaturated/α-hetero) is 1. The maximum atomic E-state index is 14.0. The lowest BCUT2D eigenvalue weighted by Crippen LogP contribution is -2.37. The molecule has 0 radical (unpaired) electrons. The van der Waals surface area contributed by atoms with Gasteiger partial charge in [0, 0.05) is 136 Å². The number of aromatic nitrogens is 10. The molecule has 0 aliphatic carbocycles. The van der Waals surface area contributed by atoms with Gasteiger partial charge in [0.1, 0.15) is 43.2 Å². The summed E-state index contributed by atoms with van der Waals surface area (Å²) in [4.78, 5) is 59.0. The Labute approximate surface area is 621 Å². The fraction of sp³-hybridized carbons (Fsp3) is 0.392. The normalized spacial score (nSPS) is 21.2. The number of halogens is 1. The van der Waals surface area contributed by atoms with Gasteiger partial charge in [-0.2, -0.15) is 10.2 Å². The van der Waals surface area contributed by atoms with Crippen LogP contribution >= 0.6 is 0 Å². The molecular formula is C79H90FN19O8. The number of tetrazole rings is 1. The van der Waals surface area contributed by atoms with E-state index in [-0.39, 0.29) is 36.3 Å². The summed E-state index contributed by atoms with van der Waals surface area (Å²) in [7, 11) is 0. The number of rotatable bonds is 12. The summed E-state index contributed by atoms with van der Waals surface area (Å²) < 4.78 is 24.3. The molecule has 107 heavy (non-hydrogen) atoms. The second-order valence-corrected chi connectivity index (χ2v) is 27.3. The minimum absolute atomic E-state index is 0.0181. The number of piperidine rings is 2. The van der Waals surface area contributed by atoms with Crippen LogP contribution in [0.3, 0.4) is 0 Å². The molecule has 9 aliphatic heterocycles. The second kappa shape index (κ2) is 36.0. The highest BCUT2D eigenvalue weighted by Crippen LogP contribution is 2.40. The van der Waals surface area contributed by atoms with Crippen LogP contribution in [0.25, 0.3) is 17.1 Å². The molecule has 18 rings (SSSR count). The molecule has 9 aromatic rings. The molecule has 0 saturated carbocycles. The number of anilines is 3. The van der Waals surface area contributed by atoms with Crippen LogP contribution in [0.5, 0.6) is 0 Å². The number of ketones is 1. The van der Waals surface area contributed by atoms with Gasteiger partial charge < -0.3 is 48.5 Å². The van der Waals surface area contributed by atoms with Crippen LogP contribution in [0.1, 0.15) is 182 Å². The average molecular weight is 1450 g/mol. The molecule has 6 aromatic carbocycles. The van der Waals surface area contributed by atoms with Crippen molar-refractivity contribution < 1.29 is 42.9 Å². The van der Waals surface area contributed by atoms with E-state index < -0.39 is 6.10 Å². The molecule has 3 fully saturated rings. The molecule has 0 N–H and O–H groups in total. The number of ether oxygens (including phenoxy) is 1. The molecule has 3 aromatic heterocycles. The highest BCUT2D eigenvalue weighted by molar-refractivity contribution is 5.86. The van der Waals surface area contributed by atoms with Crippen molar-refractivity contribution in [3.63, 3.8) is 0 Å². The first-order chi connectivity index (χ1) is 52.4. The Hall–Kier alpha value is -11.6. The van der Waals surface area contributed by atoms with Crippen molar-refractivity contribution in [2.45, 2.75) is 149 Å². The van der Waals surface area contributed by atoms with Crippen molar-refractivity contribution in [2.24, 2.45) is 30.9 Å². The van der Waals surface area contributed by atoms with E-state index in [4.69, 9.17) is 33.8 Å². The minimum Gasteiger partial charge on any atom is -0.387 e. The Bertz CT molecular complexity index is 4370. The van der Waals surface area contributed by atoms with E-state index in [2.05, 4.69) is 142 Å². The van der Waals surface area contributed by atoms with Gasteiger partial charge in [0.05, 0.1) is 70.1 Å². The molecule has 27 nitrogen and oxygen atoms in total. The van der Waals surface area contributed by atoms with E-state index in [1.807, 2.05) is 102 Å². The van der Waals surface area contributed by atoms with Crippen LogP contribution in [-0.2, 0) is 38.6 Å². The van der Waals surface area contributed by atoms with Crippen molar-refractivity contribution in [2.75, 3.05) is 67.2 Å². The highest BCUT2D eigenvalue weighted by Gasteiger charge is 2.32. The summed E-state index contributed by atoms with van der Waals surface area (Å²) in [6.07, 6.45) is 17.6. The zero-order valence-electron chi connectivity index (χ0n) is 61.2. The smallest absolute Gasteiger partial charge is 0.162 e. The minimum atomic E-state index is -0.398. The van der Waals surface area contributed by atoms with Gasteiger partial charge in [-0.25, -0.2) is 28.4 Å². The molecule has 12 heterocycles. The molecule has 6 atom stereocenters. The summed E-state index contributed by atoms with van der Waals surface area (Å²) >= 11 is 0. The van der Waals surface area contributed by atoms with Gasteiger partial charge in [-0.05, 0) is 114 Å². The van der Waals surface area contributed by atoms with Crippen LogP contribution in [0.4, 0.5) is 21.5 Å². The van der Waals surface area contributed by atoms with E-state index in [9.17, 15) is 9.18 Å². The zero-order valence-corrected chi connectivity index (χ0v) is 61.2. The Morgan fingerprint density at radius 3 is 1.08 bits per heavy atom. The summed E-state index contributed by atoms with van der Waals surface area (Å²) in [5.74, 6) is 0.0444. The summed E-state index contributed by atoms with van der Waals surface area (Å²) in [6, 6.07) is 46.1. The van der Waals surface area contributed by atoms with E-state index in [1.54, 1.807) is 34.2 Å². The number of para-hydroxylation sites is 5. The fourth-order valence-corrected chi connectivity index (χ4v) is 14.0. The van der Waals surface area contributed by atoms with Crippen molar-refractivity contribution in [3.05, 3.63) is 210 Å². The van der Waals surface area contributed by atoms with Gasteiger partial charge in [0.15, 0.2) is 36.6 Å². The molecule has 9 aliphatic rings. The standard InChI is InChI=1S/C15H18N2O2.C15H20N2O.C14H18N2O2.C12H11FN4O.C12H12N4O.C11H11N5O/c1-11-10-15(19-16-11)13-4-2-3-5-14(13)17-8-6-12(18)7-9-17;1-12-11-15(18-16-12)13-7-3-4-8-14(13)17-9-5-2-6-10-17;1-11-10-14(18-15-11)12-4-2-3-5-13(12)16-6-8-17-9-7-16;1-8-5-11(18-16-8)12-9(13)3-2-4-10(12)17-7-14-6-15-17;1-9-6-12(17-15-9)10-4-2-3-5-11(10)16-8-13-7-14-16;1-8-6-11(17-13-8)9-4-2-3-5-10(9)16-7-12-14-15-16/h2-5,15H,6-10H2,1H3;3-4,7-8,15H,2,5-6,9-11H2,1H3;2-5,14H,6-10H2,1H3;2-4,6-7,11H,5H2,1H3;2-5,7-8,12H,6H2,1H3;2-5,7,11H,6H2,1H3/t2*15-;14-;11-;12-;11-/m111111/s1. The van der Waals surface area contributed by atoms with Gasteiger partial charge in [-0.1, -0.05) is 128 Å². The van der Waals surface area contributed by atoms with Crippen LogP contribution in [-0.4, -0.2) is 142 Å². The van der Waals surface area contributed by atoms with E-state index in [0.29, 0.717) is 36.3 Å². The Morgan fingerprint density at radius 1 is 0.364 bits per heavy atom. The number of hydrogen-bond acceptors (Lipinski definition) is 24. The second-order valence-electron chi connectivity index (χ2n) is 27.3. The summed E-state index contributed by atoms with van der Waals surface area (Å²) in [5.41, 5.74) is 18.7. The van der Waals surface area contributed by atoms with Crippen LogP contribution in [0.2, 0.25) is 0 Å². The molecule has 0 bridgehead atoms. The first kappa shape index (κ1) is 73.8. The Balaban J connectivity index is 0.000000113. The van der Waals surface area contributed by atoms with Crippen LogP contribution in [0.15, 0.2) is 202 Å². The lowest BCUT2D eigenvalue weighted by molar-refractivity contribution is -0.119. The van der Waals surface area contributed by atoms with Gasteiger partial charge in [0.25, 0.3) is 0 Å². The van der Waals surface area contributed by atoms with Gasteiger partial charge in [0.2, 0.25) is 0 Å². The third kappa shape index (κ3) is 18.9. The number of hydrogen-bond donors (Lipinski definition) is 0. The third-order valence-corrected chi connectivity index (χ3v) is 19.3. The quantitative estimate of drug-likeness (QED) is 0.110. The monoisotopic (exact) mass is 1450 g/mol. The number of carbonyl (C=O) groups is 1. The fourth-order valence-electron chi connectivity index (χ4n) is 14.0. The number of morpholine rings is 1. The van der Waals surface area contributed by atoms with E-state index in [0.717, 1.165) is 128 Å². The largest absolute Gasteiger partial charge is 0.387 e. The van der Waals surface area contributed by atoms with Crippen molar-refractivity contribution in [3.8, 4) is 17.1 Å². The first-order valence-corrected chi connectivity index (χ1v) is 36.5. The maximum absolute atomic E-state index is 14.0. The molecule has 28 heteroatoms. The van der Waals surface area contributed by atoms with Gasteiger partial charge in [-0.3, -0.25) is 4.79 Å². The van der Waals surface area contributed by atoms with Crippen molar-refractivity contribution in [1.82, 2.24) is 49.7 Å². The average Bonchev–Trinajstić information content (AvgIpc) is 1.79. The zero-order chi connectivity index (χ0) is 73.9. The maximum Gasteiger partial charge on any atom is 0.162 e. The molecule has 556 valence electrons. The van der Waals surface area contributed by atoms with Crippen molar-refractivity contribution in [1.29, 1.82) is 0 Å². The van der Waals surface area contributed by atoms with Gasteiger partial charge >= 0.3 is 0 Å². The first-order valence-electron chi connectivity index (χ1n) is 36.5. The van der Waals surface area contributed by atoms with Crippen LogP contribution in [0, 0.1) is 5.82 Å². The van der Waals surface area contributed by atoms with E-state index in [1.165, 1.54) is 95.8 Å². The number of benzene rings is 6. The molecular weight excluding hydrogens is 1360 g/mol. The van der Waals surface area contributed by atoms with Gasteiger partial charge in [-0.15, -0.1) is 5.10 Å². The summed E-state index contributed by atoms with van der Waals surface area (Å²) in [6.45, 7) is 19.3. The molecule has 0 amide bonds. The number of oxime groups is 6. The predicted molar refractivity (Wildman–Crippen MR) is 406 cm³/mol. The topological polar surface area (TPSA) is 271 Å². The molecule has 0 spiro atoms. The summed E-state index contributed by atoms with van der Waals surface area (Å²) in [5, 5.41) is 43.4. The SMILES string of the molecule is CC1=NO[C@@H](c2c(F)cccc2-n2cncn2)C1.CC1=NO[C@@H](c2ccccc2-n2cncn2)C1.CC1=NO[C@@H](c2ccccc2-n2cnnn2)C1.CC1=NO[C@@H](c2ccccc2N2CCC(=O)CC2)C1.CC1=NO[C@@H](c2ccccc2N2CCCCC2)C1.CC1=NO[C@@H](c2ccccc2N2CCOCC2)C1. The lowest BCUT2D eigenvalue weighted by atomic mass is 10.0. The number of nitrogens with zero attached hydrogens (tertiary/aromatic N) is 19. The number of carbonyl (C=O) groups excluding carboxylic acids is 1. The van der Waals surface area contributed by atoms with Crippen LogP contribution < -0.4 is 14.7 Å². The highest BCUT2D eigenvalue weighted by atomic mass is 19.1.